The number of aliphatic hydroxyl groups excluding tert-OH is 1. The third kappa shape index (κ3) is 3.14. The van der Waals surface area contributed by atoms with Gasteiger partial charge in [0.25, 0.3) is 0 Å². The van der Waals surface area contributed by atoms with Gasteiger partial charge in [-0.15, -0.1) is 0 Å². The zero-order valence-electron chi connectivity index (χ0n) is 14.4. The number of carbonyl (C=O) groups is 2. The fourth-order valence-corrected chi connectivity index (χ4v) is 3.83. The predicted octanol–water partition coefficient (Wildman–Crippen LogP) is 2.11. The Bertz CT molecular complexity index is 785. The highest BCUT2D eigenvalue weighted by Crippen LogP contribution is 2.35. The minimum absolute atomic E-state index is 0.0649. The van der Waals surface area contributed by atoms with Gasteiger partial charge in [-0.3, -0.25) is 9.59 Å². The molecule has 1 aliphatic rings. The number of para-hydroxylation sites is 1. The normalized spacial score (nSPS) is 23.8. The van der Waals surface area contributed by atoms with Crippen molar-refractivity contribution in [3.05, 3.63) is 36.5 Å². The van der Waals surface area contributed by atoms with Crippen molar-refractivity contribution in [3.8, 4) is 0 Å². The first kappa shape index (κ1) is 17.5. The molecule has 0 aliphatic carbocycles. The summed E-state index contributed by atoms with van der Waals surface area (Å²) in [4.78, 5) is 26.2. The number of carbonyl (C=O) groups excluding carboxylic acids is 1. The summed E-state index contributed by atoms with van der Waals surface area (Å²) in [5, 5.41) is 21.0. The van der Waals surface area contributed by atoms with Gasteiger partial charge in [-0.05, 0) is 30.4 Å². The lowest BCUT2D eigenvalue weighted by Gasteiger charge is -2.43. The molecule has 1 aliphatic heterocycles. The Morgan fingerprint density at radius 1 is 1.28 bits per heavy atom. The first-order valence-electron chi connectivity index (χ1n) is 8.71. The van der Waals surface area contributed by atoms with Crippen LogP contribution in [-0.2, 0) is 16.1 Å². The van der Waals surface area contributed by atoms with E-state index in [1.807, 2.05) is 48.0 Å². The van der Waals surface area contributed by atoms with Crippen LogP contribution in [0, 0.1) is 5.41 Å². The minimum Gasteiger partial charge on any atom is -0.481 e. The fraction of sp³-hybridized carbons (Fsp3) is 0.474. The van der Waals surface area contributed by atoms with Crippen molar-refractivity contribution in [2.24, 2.45) is 5.41 Å². The number of hydrogen-bond donors (Lipinski definition) is 2. The number of aliphatic carboxylic acids is 1. The average molecular weight is 344 g/mol. The largest absolute Gasteiger partial charge is 0.481 e. The van der Waals surface area contributed by atoms with Gasteiger partial charge in [-0.1, -0.05) is 31.5 Å². The molecule has 1 fully saturated rings. The highest BCUT2D eigenvalue weighted by atomic mass is 16.4. The third-order valence-electron chi connectivity index (χ3n) is 5.24. The number of nitrogens with zero attached hydrogens (tertiary/aromatic N) is 2. The van der Waals surface area contributed by atoms with Gasteiger partial charge in [-0.25, -0.2) is 0 Å². The van der Waals surface area contributed by atoms with E-state index in [9.17, 15) is 19.8 Å². The number of likely N-dealkylation sites (tertiary alicyclic amines) is 1. The second-order valence-electron chi connectivity index (χ2n) is 6.83. The highest BCUT2D eigenvalue weighted by Gasteiger charge is 2.49. The number of amides is 1. The summed E-state index contributed by atoms with van der Waals surface area (Å²) in [7, 11) is 0. The molecule has 6 heteroatoms. The first-order valence-corrected chi connectivity index (χ1v) is 8.71. The maximum atomic E-state index is 12.8. The molecule has 0 saturated carbocycles. The van der Waals surface area contributed by atoms with Crippen LogP contribution in [0.15, 0.2) is 36.5 Å². The van der Waals surface area contributed by atoms with Crippen molar-refractivity contribution in [2.75, 3.05) is 13.1 Å². The van der Waals surface area contributed by atoms with E-state index in [0.717, 1.165) is 10.9 Å². The summed E-state index contributed by atoms with van der Waals surface area (Å²) < 4.78 is 1.88. The van der Waals surface area contributed by atoms with Crippen LogP contribution in [0.4, 0.5) is 0 Å². The molecule has 2 atom stereocenters. The van der Waals surface area contributed by atoms with Crippen LogP contribution in [0.2, 0.25) is 0 Å². The number of carboxylic acids is 1. The third-order valence-corrected chi connectivity index (χ3v) is 5.24. The van der Waals surface area contributed by atoms with Gasteiger partial charge in [0.2, 0.25) is 5.91 Å². The van der Waals surface area contributed by atoms with Crippen LogP contribution in [0.5, 0.6) is 0 Å². The standard InChI is InChI=1S/C19H24N2O4/c1-2-9-19(18(24)25)13-21(11-8-16(19)22)17(23)12-20-10-7-14-5-3-4-6-15(14)20/h3-7,10,16,22H,2,8-9,11-13H2,1H3,(H,24,25)/t16-,19-/m0/s1. The molecule has 0 bridgehead atoms. The van der Waals surface area contributed by atoms with Gasteiger partial charge < -0.3 is 19.7 Å². The van der Waals surface area contributed by atoms with E-state index in [1.54, 1.807) is 4.90 Å². The lowest BCUT2D eigenvalue weighted by atomic mass is 9.74. The highest BCUT2D eigenvalue weighted by molar-refractivity contribution is 5.84. The molecule has 134 valence electrons. The second-order valence-corrected chi connectivity index (χ2v) is 6.83. The smallest absolute Gasteiger partial charge is 0.314 e. The summed E-state index contributed by atoms with van der Waals surface area (Å²) in [5.74, 6) is -1.14. The molecule has 0 radical (unpaired) electrons. The molecule has 0 spiro atoms. The Kier molecular flexibility index (Phi) is 4.81. The molecular formula is C19H24N2O4. The Balaban J connectivity index is 1.79. The van der Waals surface area contributed by atoms with Gasteiger partial charge in [0, 0.05) is 24.8 Å². The Morgan fingerprint density at radius 3 is 2.76 bits per heavy atom. The Morgan fingerprint density at radius 2 is 2.04 bits per heavy atom. The Hall–Kier alpha value is -2.34. The first-order chi connectivity index (χ1) is 12.0. The number of rotatable bonds is 5. The number of piperidine rings is 1. The van der Waals surface area contributed by atoms with Crippen LogP contribution in [0.1, 0.15) is 26.2 Å². The van der Waals surface area contributed by atoms with Gasteiger partial charge >= 0.3 is 5.97 Å². The molecule has 1 saturated heterocycles. The molecule has 0 unspecified atom stereocenters. The van der Waals surface area contributed by atoms with E-state index in [1.165, 1.54) is 0 Å². The summed E-state index contributed by atoms with van der Waals surface area (Å²) >= 11 is 0. The molecule has 25 heavy (non-hydrogen) atoms. The quantitative estimate of drug-likeness (QED) is 0.870. The van der Waals surface area contributed by atoms with Crippen LogP contribution in [-0.4, -0.2) is 50.8 Å². The number of aliphatic hydroxyl groups is 1. The average Bonchev–Trinajstić information content (AvgIpc) is 3.00. The van der Waals surface area contributed by atoms with Gasteiger partial charge in [0.15, 0.2) is 0 Å². The van der Waals surface area contributed by atoms with Crippen molar-refractivity contribution in [3.63, 3.8) is 0 Å². The number of aromatic nitrogens is 1. The lowest BCUT2D eigenvalue weighted by Crippen LogP contribution is -2.57. The molecule has 1 aromatic heterocycles. The van der Waals surface area contributed by atoms with Gasteiger partial charge in [-0.2, -0.15) is 0 Å². The van der Waals surface area contributed by atoms with E-state index in [-0.39, 0.29) is 19.0 Å². The zero-order valence-corrected chi connectivity index (χ0v) is 14.4. The molecule has 2 N–H and O–H groups in total. The number of carboxylic acid groups (broad SMARTS) is 1. The molecular weight excluding hydrogens is 320 g/mol. The van der Waals surface area contributed by atoms with E-state index >= 15 is 0 Å². The van der Waals surface area contributed by atoms with E-state index in [4.69, 9.17) is 0 Å². The maximum absolute atomic E-state index is 12.8. The fourth-order valence-electron chi connectivity index (χ4n) is 3.83. The number of benzene rings is 1. The van der Waals surface area contributed by atoms with E-state index in [2.05, 4.69) is 0 Å². The number of hydrogen-bond acceptors (Lipinski definition) is 3. The summed E-state index contributed by atoms with van der Waals surface area (Å²) in [6, 6.07) is 9.79. The molecule has 1 amide bonds. The molecule has 1 aromatic carbocycles. The second kappa shape index (κ2) is 6.88. The van der Waals surface area contributed by atoms with Crippen molar-refractivity contribution in [1.82, 2.24) is 9.47 Å². The van der Waals surface area contributed by atoms with E-state index in [0.29, 0.717) is 25.8 Å². The van der Waals surface area contributed by atoms with Crippen molar-refractivity contribution < 1.29 is 19.8 Å². The Labute approximate surface area is 146 Å². The van der Waals surface area contributed by atoms with Crippen LogP contribution >= 0.6 is 0 Å². The maximum Gasteiger partial charge on any atom is 0.314 e. The summed E-state index contributed by atoms with van der Waals surface area (Å²) in [6.45, 7) is 2.52. The van der Waals surface area contributed by atoms with Gasteiger partial charge in [0.05, 0.1) is 6.10 Å². The molecule has 2 aromatic rings. The predicted molar refractivity (Wildman–Crippen MR) is 94.1 cm³/mol. The van der Waals surface area contributed by atoms with Crippen LogP contribution in [0.25, 0.3) is 10.9 Å². The molecule has 2 heterocycles. The summed E-state index contributed by atoms with van der Waals surface area (Å²) in [6.07, 6.45) is 2.26. The van der Waals surface area contributed by atoms with Gasteiger partial charge in [0.1, 0.15) is 12.0 Å². The van der Waals surface area contributed by atoms with Crippen molar-refractivity contribution in [2.45, 2.75) is 38.8 Å². The van der Waals surface area contributed by atoms with Crippen molar-refractivity contribution >= 4 is 22.8 Å². The molecule has 3 rings (SSSR count). The number of fused-ring (bicyclic) bond motifs is 1. The topological polar surface area (TPSA) is 82.8 Å². The van der Waals surface area contributed by atoms with Crippen LogP contribution in [0.3, 0.4) is 0 Å². The lowest BCUT2D eigenvalue weighted by molar-refractivity contribution is -0.167. The van der Waals surface area contributed by atoms with Crippen molar-refractivity contribution in [1.29, 1.82) is 0 Å². The monoisotopic (exact) mass is 344 g/mol. The molecule has 6 nitrogen and oxygen atoms in total. The SMILES string of the molecule is CCC[C@]1(C(=O)O)CN(C(=O)Cn2ccc3ccccc32)CC[C@@H]1O. The van der Waals surface area contributed by atoms with Crippen LogP contribution < -0.4 is 0 Å². The zero-order chi connectivity index (χ0) is 18.0. The summed E-state index contributed by atoms with van der Waals surface area (Å²) in [5.41, 5.74) is -0.285. The minimum atomic E-state index is -1.26. The van der Waals surface area contributed by atoms with E-state index < -0.39 is 17.5 Å².